The van der Waals surface area contributed by atoms with Gasteiger partial charge in [-0.25, -0.2) is 0 Å². The van der Waals surface area contributed by atoms with Crippen LogP contribution in [0, 0.1) is 0 Å². The SMILES string of the molecule is C=CCN1C(CCN)CN(C)CC1(C)C. The van der Waals surface area contributed by atoms with Crippen LogP contribution in [0.3, 0.4) is 0 Å². The molecule has 1 atom stereocenters. The predicted octanol–water partition coefficient (Wildman–Crippen LogP) is 0.916. The van der Waals surface area contributed by atoms with Gasteiger partial charge < -0.3 is 10.6 Å². The maximum Gasteiger partial charge on any atom is 0.0286 e. The van der Waals surface area contributed by atoms with Crippen molar-refractivity contribution in [2.75, 3.05) is 33.2 Å². The molecular weight excluding hydrogens is 186 g/mol. The van der Waals surface area contributed by atoms with Crippen molar-refractivity contribution in [1.29, 1.82) is 0 Å². The lowest BCUT2D eigenvalue weighted by atomic mass is 9.93. The van der Waals surface area contributed by atoms with E-state index in [0.717, 1.165) is 32.6 Å². The first-order valence-corrected chi connectivity index (χ1v) is 5.77. The summed E-state index contributed by atoms with van der Waals surface area (Å²) in [6, 6.07) is 0.571. The average molecular weight is 211 g/mol. The van der Waals surface area contributed by atoms with Crippen LogP contribution in [-0.4, -0.2) is 54.6 Å². The third-order valence-corrected chi connectivity index (χ3v) is 3.22. The van der Waals surface area contributed by atoms with Gasteiger partial charge in [0.2, 0.25) is 0 Å². The van der Waals surface area contributed by atoms with Crippen LogP contribution >= 0.6 is 0 Å². The summed E-state index contributed by atoms with van der Waals surface area (Å²) in [5.74, 6) is 0. The highest BCUT2D eigenvalue weighted by atomic mass is 15.3. The number of hydrogen-bond acceptors (Lipinski definition) is 3. The van der Waals surface area contributed by atoms with E-state index in [1.165, 1.54) is 0 Å². The van der Waals surface area contributed by atoms with Gasteiger partial charge in [-0.3, -0.25) is 4.90 Å². The van der Waals surface area contributed by atoms with Gasteiger partial charge in [0, 0.05) is 31.2 Å². The molecule has 88 valence electrons. The fourth-order valence-electron chi connectivity index (χ4n) is 2.74. The van der Waals surface area contributed by atoms with Crippen LogP contribution in [0.5, 0.6) is 0 Å². The highest BCUT2D eigenvalue weighted by Gasteiger charge is 2.37. The number of nitrogens with zero attached hydrogens (tertiary/aromatic N) is 2. The van der Waals surface area contributed by atoms with E-state index in [2.05, 4.69) is 37.3 Å². The number of piperazine rings is 1. The molecule has 1 heterocycles. The van der Waals surface area contributed by atoms with Crippen molar-refractivity contribution in [2.24, 2.45) is 5.73 Å². The van der Waals surface area contributed by atoms with Crippen molar-refractivity contribution in [3.63, 3.8) is 0 Å². The molecule has 1 unspecified atom stereocenters. The van der Waals surface area contributed by atoms with E-state index < -0.39 is 0 Å². The Hall–Kier alpha value is -0.380. The summed E-state index contributed by atoms with van der Waals surface area (Å²) in [4.78, 5) is 4.94. The van der Waals surface area contributed by atoms with Gasteiger partial charge >= 0.3 is 0 Å². The minimum absolute atomic E-state index is 0.223. The van der Waals surface area contributed by atoms with Gasteiger partial charge in [-0.15, -0.1) is 6.58 Å². The molecule has 3 heteroatoms. The van der Waals surface area contributed by atoms with Crippen molar-refractivity contribution in [2.45, 2.75) is 31.8 Å². The van der Waals surface area contributed by atoms with Crippen LogP contribution in [0.4, 0.5) is 0 Å². The Morgan fingerprint density at radius 1 is 1.53 bits per heavy atom. The lowest BCUT2D eigenvalue weighted by molar-refractivity contribution is -0.00904. The van der Waals surface area contributed by atoms with Crippen molar-refractivity contribution in [3.8, 4) is 0 Å². The summed E-state index contributed by atoms with van der Waals surface area (Å²) in [6.45, 7) is 12.4. The minimum Gasteiger partial charge on any atom is -0.330 e. The Labute approximate surface area is 93.9 Å². The normalized spacial score (nSPS) is 27.9. The molecular formula is C12H25N3. The second-order valence-electron chi connectivity index (χ2n) is 5.18. The summed E-state index contributed by atoms with van der Waals surface area (Å²) < 4.78 is 0. The smallest absolute Gasteiger partial charge is 0.0286 e. The van der Waals surface area contributed by atoms with Gasteiger partial charge in [-0.05, 0) is 33.9 Å². The van der Waals surface area contributed by atoms with Gasteiger partial charge in [0.1, 0.15) is 0 Å². The van der Waals surface area contributed by atoms with E-state index in [9.17, 15) is 0 Å². The van der Waals surface area contributed by atoms with Crippen molar-refractivity contribution >= 4 is 0 Å². The molecule has 0 aliphatic carbocycles. The van der Waals surface area contributed by atoms with Gasteiger partial charge in [0.25, 0.3) is 0 Å². The van der Waals surface area contributed by atoms with Crippen molar-refractivity contribution in [3.05, 3.63) is 12.7 Å². The average Bonchev–Trinajstić information content (AvgIpc) is 2.10. The quantitative estimate of drug-likeness (QED) is 0.702. The molecule has 1 aliphatic rings. The lowest BCUT2D eigenvalue weighted by Crippen LogP contribution is -2.63. The molecule has 3 nitrogen and oxygen atoms in total. The summed E-state index contributed by atoms with van der Waals surface area (Å²) in [5.41, 5.74) is 5.90. The fourth-order valence-corrected chi connectivity index (χ4v) is 2.74. The molecule has 1 saturated heterocycles. The highest BCUT2D eigenvalue weighted by Crippen LogP contribution is 2.25. The van der Waals surface area contributed by atoms with Gasteiger partial charge in [-0.2, -0.15) is 0 Å². The molecule has 0 saturated carbocycles. The monoisotopic (exact) mass is 211 g/mol. The largest absolute Gasteiger partial charge is 0.330 e. The van der Waals surface area contributed by atoms with Crippen LogP contribution in [0.15, 0.2) is 12.7 Å². The Morgan fingerprint density at radius 3 is 2.73 bits per heavy atom. The molecule has 0 aromatic heterocycles. The zero-order valence-corrected chi connectivity index (χ0v) is 10.4. The van der Waals surface area contributed by atoms with Gasteiger partial charge in [0.15, 0.2) is 0 Å². The maximum absolute atomic E-state index is 5.68. The Morgan fingerprint density at radius 2 is 2.20 bits per heavy atom. The molecule has 0 aromatic carbocycles. The molecule has 15 heavy (non-hydrogen) atoms. The first-order valence-electron chi connectivity index (χ1n) is 5.77. The molecule has 0 radical (unpaired) electrons. The molecule has 1 fully saturated rings. The Bertz CT molecular complexity index is 213. The summed E-state index contributed by atoms with van der Waals surface area (Å²) >= 11 is 0. The number of hydrogen-bond donors (Lipinski definition) is 1. The van der Waals surface area contributed by atoms with Crippen LogP contribution in [0.25, 0.3) is 0 Å². The van der Waals surface area contributed by atoms with Crippen LogP contribution in [0.1, 0.15) is 20.3 Å². The zero-order chi connectivity index (χ0) is 11.5. The van der Waals surface area contributed by atoms with E-state index in [1.54, 1.807) is 0 Å². The standard InChI is InChI=1S/C12H25N3/c1-5-8-15-11(6-7-13)9-14(4)10-12(15,2)3/h5,11H,1,6-10,13H2,2-4H3. The highest BCUT2D eigenvalue weighted by molar-refractivity contribution is 4.97. The second kappa shape index (κ2) is 5.10. The summed E-state index contributed by atoms with van der Waals surface area (Å²) in [7, 11) is 2.19. The van der Waals surface area contributed by atoms with E-state index in [-0.39, 0.29) is 5.54 Å². The van der Waals surface area contributed by atoms with E-state index >= 15 is 0 Å². The number of likely N-dealkylation sites (N-methyl/N-ethyl adjacent to an activating group) is 1. The molecule has 0 amide bonds. The Balaban J connectivity index is 2.76. The van der Waals surface area contributed by atoms with Gasteiger partial charge in [0.05, 0.1) is 0 Å². The fraction of sp³-hybridized carbons (Fsp3) is 0.833. The summed E-state index contributed by atoms with van der Waals surface area (Å²) in [6.07, 6.45) is 3.07. The molecule has 0 spiro atoms. The minimum atomic E-state index is 0.223. The molecule has 1 aliphatic heterocycles. The number of nitrogens with two attached hydrogens (primary N) is 1. The zero-order valence-electron chi connectivity index (χ0n) is 10.4. The molecule has 0 aromatic rings. The molecule has 1 rings (SSSR count). The van der Waals surface area contributed by atoms with E-state index in [1.807, 2.05) is 6.08 Å². The van der Waals surface area contributed by atoms with Crippen molar-refractivity contribution < 1.29 is 0 Å². The topological polar surface area (TPSA) is 32.5 Å². The Kier molecular flexibility index (Phi) is 4.32. The van der Waals surface area contributed by atoms with E-state index in [0.29, 0.717) is 6.04 Å². The third-order valence-electron chi connectivity index (χ3n) is 3.22. The predicted molar refractivity (Wildman–Crippen MR) is 65.9 cm³/mol. The molecule has 2 N–H and O–H groups in total. The van der Waals surface area contributed by atoms with E-state index in [4.69, 9.17) is 5.73 Å². The summed E-state index contributed by atoms with van der Waals surface area (Å²) in [5, 5.41) is 0. The van der Waals surface area contributed by atoms with Crippen LogP contribution < -0.4 is 5.73 Å². The first-order chi connectivity index (χ1) is 7.01. The first kappa shape index (κ1) is 12.7. The molecule has 0 bridgehead atoms. The second-order valence-corrected chi connectivity index (χ2v) is 5.18. The van der Waals surface area contributed by atoms with Gasteiger partial charge in [-0.1, -0.05) is 6.08 Å². The number of rotatable bonds is 4. The van der Waals surface area contributed by atoms with Crippen LogP contribution in [0.2, 0.25) is 0 Å². The lowest BCUT2D eigenvalue weighted by Gasteiger charge is -2.51. The maximum atomic E-state index is 5.68. The third kappa shape index (κ3) is 3.03. The van der Waals surface area contributed by atoms with Crippen molar-refractivity contribution in [1.82, 2.24) is 9.80 Å². The van der Waals surface area contributed by atoms with Crippen LogP contribution in [-0.2, 0) is 0 Å².